The Labute approximate surface area is 102 Å². The number of aromatic nitrogens is 2. The summed E-state index contributed by atoms with van der Waals surface area (Å²) in [6.45, 7) is 6.57. The third kappa shape index (κ3) is 3.56. The number of aromatic amines is 1. The molecule has 0 aliphatic rings. The molecule has 4 N–H and O–H groups in total. The first-order valence-corrected chi connectivity index (χ1v) is 6.13. The summed E-state index contributed by atoms with van der Waals surface area (Å²) in [4.78, 5) is 11.8. The van der Waals surface area contributed by atoms with E-state index in [-0.39, 0.29) is 11.9 Å². The van der Waals surface area contributed by atoms with Crippen molar-refractivity contribution < 1.29 is 4.79 Å². The van der Waals surface area contributed by atoms with Crippen molar-refractivity contribution >= 4 is 5.91 Å². The van der Waals surface area contributed by atoms with Crippen LogP contribution in [0.2, 0.25) is 0 Å². The molecule has 0 saturated heterocycles. The molecule has 0 spiro atoms. The van der Waals surface area contributed by atoms with Crippen LogP contribution >= 0.6 is 0 Å². The lowest BCUT2D eigenvalue weighted by atomic mass is 9.95. The Balaban J connectivity index is 2.46. The van der Waals surface area contributed by atoms with Crippen LogP contribution in [0.25, 0.3) is 0 Å². The molecule has 0 aliphatic carbocycles. The lowest BCUT2D eigenvalue weighted by Gasteiger charge is -2.21. The number of H-pyrrole nitrogens is 1. The van der Waals surface area contributed by atoms with Gasteiger partial charge in [-0.15, -0.1) is 0 Å². The maximum Gasteiger partial charge on any atom is 0.254 e. The summed E-state index contributed by atoms with van der Waals surface area (Å²) in [5, 5.41) is 9.41. The monoisotopic (exact) mass is 238 g/mol. The Bertz CT molecular complexity index is 357. The highest BCUT2D eigenvalue weighted by Gasteiger charge is 2.16. The van der Waals surface area contributed by atoms with Crippen LogP contribution in [0.4, 0.5) is 0 Å². The van der Waals surface area contributed by atoms with E-state index in [9.17, 15) is 4.79 Å². The van der Waals surface area contributed by atoms with Gasteiger partial charge in [0, 0.05) is 18.3 Å². The number of aryl methyl sites for hydroxylation is 1. The average molecular weight is 238 g/mol. The summed E-state index contributed by atoms with van der Waals surface area (Å²) in [6.07, 6.45) is 3.61. The fraction of sp³-hybridized carbons (Fsp3) is 0.667. The van der Waals surface area contributed by atoms with E-state index in [1.54, 1.807) is 0 Å². The standard InChI is InChI=1S/C12H22N4O/c1-4-9(5-2)11(13)7-14-12(17)10-6-15-16-8(10)3/h6,9,11H,4-5,7,13H2,1-3H3,(H,14,17)(H,15,16). The molecule has 1 aromatic rings. The van der Waals surface area contributed by atoms with Crippen molar-refractivity contribution in [1.29, 1.82) is 0 Å². The van der Waals surface area contributed by atoms with Crippen molar-refractivity contribution in [3.8, 4) is 0 Å². The first-order chi connectivity index (χ1) is 8.10. The quantitative estimate of drug-likeness (QED) is 0.696. The number of nitrogens with two attached hydrogens (primary N) is 1. The van der Waals surface area contributed by atoms with Gasteiger partial charge >= 0.3 is 0 Å². The van der Waals surface area contributed by atoms with E-state index < -0.39 is 0 Å². The van der Waals surface area contributed by atoms with Gasteiger partial charge in [0.2, 0.25) is 0 Å². The molecule has 1 unspecified atom stereocenters. The van der Waals surface area contributed by atoms with Gasteiger partial charge < -0.3 is 11.1 Å². The molecule has 0 saturated carbocycles. The average Bonchev–Trinajstić information content (AvgIpc) is 2.74. The Morgan fingerprint density at radius 1 is 1.53 bits per heavy atom. The second-order valence-electron chi connectivity index (χ2n) is 4.36. The summed E-state index contributed by atoms with van der Waals surface area (Å²) in [6, 6.07) is 0.0150. The number of amides is 1. The highest BCUT2D eigenvalue weighted by Crippen LogP contribution is 2.11. The molecule has 0 fully saturated rings. The summed E-state index contributed by atoms with van der Waals surface area (Å²) in [5.74, 6) is 0.346. The first-order valence-electron chi connectivity index (χ1n) is 6.13. The smallest absolute Gasteiger partial charge is 0.254 e. The van der Waals surface area contributed by atoms with Gasteiger partial charge in [0.1, 0.15) is 0 Å². The van der Waals surface area contributed by atoms with Crippen LogP contribution < -0.4 is 11.1 Å². The van der Waals surface area contributed by atoms with Gasteiger partial charge in [-0.3, -0.25) is 9.89 Å². The van der Waals surface area contributed by atoms with Crippen molar-refractivity contribution in [2.45, 2.75) is 39.7 Å². The number of rotatable bonds is 6. The number of carbonyl (C=O) groups is 1. The van der Waals surface area contributed by atoms with Crippen LogP contribution in [0.3, 0.4) is 0 Å². The van der Waals surface area contributed by atoms with Gasteiger partial charge in [-0.2, -0.15) is 5.10 Å². The van der Waals surface area contributed by atoms with E-state index in [0.29, 0.717) is 18.0 Å². The summed E-state index contributed by atoms with van der Waals surface area (Å²) < 4.78 is 0. The maximum absolute atomic E-state index is 11.8. The number of hydrogen-bond donors (Lipinski definition) is 3. The number of hydrogen-bond acceptors (Lipinski definition) is 3. The molecule has 1 atom stereocenters. The van der Waals surface area contributed by atoms with Gasteiger partial charge in [0.05, 0.1) is 11.8 Å². The van der Waals surface area contributed by atoms with E-state index in [0.717, 1.165) is 18.5 Å². The molecule has 5 heteroatoms. The first kappa shape index (κ1) is 13.7. The zero-order valence-electron chi connectivity index (χ0n) is 10.8. The van der Waals surface area contributed by atoms with E-state index in [1.165, 1.54) is 6.20 Å². The zero-order valence-corrected chi connectivity index (χ0v) is 10.8. The van der Waals surface area contributed by atoms with E-state index >= 15 is 0 Å². The minimum atomic E-state index is -0.113. The minimum Gasteiger partial charge on any atom is -0.350 e. The van der Waals surface area contributed by atoms with Crippen molar-refractivity contribution in [1.82, 2.24) is 15.5 Å². The summed E-state index contributed by atoms with van der Waals surface area (Å²) in [5.41, 5.74) is 7.40. The number of nitrogens with one attached hydrogen (secondary N) is 2. The van der Waals surface area contributed by atoms with Gasteiger partial charge in [-0.25, -0.2) is 0 Å². The van der Waals surface area contributed by atoms with Gasteiger partial charge in [-0.1, -0.05) is 26.7 Å². The molecule has 0 aliphatic heterocycles. The molecule has 96 valence electrons. The molecule has 1 rings (SSSR count). The summed E-state index contributed by atoms with van der Waals surface area (Å²) >= 11 is 0. The third-order valence-corrected chi connectivity index (χ3v) is 3.23. The van der Waals surface area contributed by atoms with Crippen LogP contribution in [0.15, 0.2) is 6.20 Å². The molecule has 5 nitrogen and oxygen atoms in total. The van der Waals surface area contributed by atoms with Crippen LogP contribution in [-0.4, -0.2) is 28.7 Å². The van der Waals surface area contributed by atoms with Crippen LogP contribution in [0.1, 0.15) is 42.7 Å². The molecule has 0 aromatic carbocycles. The predicted octanol–water partition coefficient (Wildman–Crippen LogP) is 1.21. The Morgan fingerprint density at radius 3 is 2.65 bits per heavy atom. The third-order valence-electron chi connectivity index (χ3n) is 3.23. The lowest BCUT2D eigenvalue weighted by molar-refractivity contribution is 0.0947. The zero-order chi connectivity index (χ0) is 12.8. The Kier molecular flexibility index (Phi) is 5.15. The van der Waals surface area contributed by atoms with Crippen LogP contribution in [-0.2, 0) is 0 Å². The molecule has 0 bridgehead atoms. The van der Waals surface area contributed by atoms with Gasteiger partial charge in [0.25, 0.3) is 5.91 Å². The molecular weight excluding hydrogens is 216 g/mol. The fourth-order valence-electron chi connectivity index (χ4n) is 1.95. The highest BCUT2D eigenvalue weighted by atomic mass is 16.1. The summed E-state index contributed by atoms with van der Waals surface area (Å²) in [7, 11) is 0. The predicted molar refractivity (Wildman–Crippen MR) is 67.7 cm³/mol. The molecule has 1 amide bonds. The minimum absolute atomic E-state index is 0.0150. The SMILES string of the molecule is CCC(CC)C(N)CNC(=O)c1cn[nH]c1C. The molecule has 0 radical (unpaired) electrons. The van der Waals surface area contributed by atoms with Gasteiger partial charge in [-0.05, 0) is 12.8 Å². The van der Waals surface area contributed by atoms with Gasteiger partial charge in [0.15, 0.2) is 0 Å². The molecule has 17 heavy (non-hydrogen) atoms. The molecule has 1 heterocycles. The lowest BCUT2D eigenvalue weighted by Crippen LogP contribution is -2.41. The Hall–Kier alpha value is -1.36. The van der Waals surface area contributed by atoms with E-state index in [2.05, 4.69) is 29.4 Å². The normalized spacial score (nSPS) is 12.8. The molecular formula is C12H22N4O. The van der Waals surface area contributed by atoms with Crippen molar-refractivity contribution in [3.05, 3.63) is 17.5 Å². The fourth-order valence-corrected chi connectivity index (χ4v) is 1.95. The van der Waals surface area contributed by atoms with Crippen LogP contribution in [0, 0.1) is 12.8 Å². The van der Waals surface area contributed by atoms with Crippen molar-refractivity contribution in [2.24, 2.45) is 11.7 Å². The Morgan fingerprint density at radius 2 is 2.18 bits per heavy atom. The van der Waals surface area contributed by atoms with Crippen molar-refractivity contribution in [2.75, 3.05) is 6.54 Å². The topological polar surface area (TPSA) is 83.8 Å². The van der Waals surface area contributed by atoms with Crippen LogP contribution in [0.5, 0.6) is 0 Å². The van der Waals surface area contributed by atoms with Crippen molar-refractivity contribution in [3.63, 3.8) is 0 Å². The molecule has 1 aromatic heterocycles. The highest BCUT2D eigenvalue weighted by molar-refractivity contribution is 5.94. The number of carbonyl (C=O) groups excluding carboxylic acids is 1. The second-order valence-corrected chi connectivity index (χ2v) is 4.36. The largest absolute Gasteiger partial charge is 0.350 e. The number of nitrogens with zero attached hydrogens (tertiary/aromatic N) is 1. The van der Waals surface area contributed by atoms with E-state index in [4.69, 9.17) is 5.73 Å². The second kappa shape index (κ2) is 6.39. The van der Waals surface area contributed by atoms with E-state index in [1.807, 2.05) is 6.92 Å². The maximum atomic E-state index is 11.8.